The zero-order valence-electron chi connectivity index (χ0n) is 10.4. The predicted octanol–water partition coefficient (Wildman–Crippen LogP) is 4.99. The smallest absolute Gasteiger partial charge is 0.0415 e. The molecule has 1 N–H and O–H groups in total. The van der Waals surface area contributed by atoms with Crippen LogP contribution in [0.4, 0.5) is 0 Å². The van der Waals surface area contributed by atoms with Gasteiger partial charge in [-0.15, -0.1) is 11.3 Å². The summed E-state index contributed by atoms with van der Waals surface area (Å²) in [6.45, 7) is 7.91. The lowest BCUT2D eigenvalue weighted by atomic mass is 10.0. The van der Waals surface area contributed by atoms with Crippen LogP contribution in [0.15, 0.2) is 15.9 Å². The van der Waals surface area contributed by atoms with E-state index in [0.29, 0.717) is 6.04 Å². The highest BCUT2D eigenvalue weighted by Gasteiger charge is 2.13. The van der Waals surface area contributed by atoms with Crippen molar-refractivity contribution in [2.45, 2.75) is 46.1 Å². The number of hydrogen-bond donors (Lipinski definition) is 1. The summed E-state index contributed by atoms with van der Waals surface area (Å²) in [5, 5.41) is 5.82. The molecule has 0 amide bonds. The van der Waals surface area contributed by atoms with Crippen molar-refractivity contribution >= 4 is 27.3 Å². The Morgan fingerprint density at radius 1 is 1.38 bits per heavy atom. The number of hydrogen-bond acceptors (Lipinski definition) is 2. The summed E-state index contributed by atoms with van der Waals surface area (Å²) in [6.07, 6.45) is 3.73. The Morgan fingerprint density at radius 2 is 2.12 bits per heavy atom. The van der Waals surface area contributed by atoms with E-state index in [-0.39, 0.29) is 0 Å². The van der Waals surface area contributed by atoms with E-state index in [9.17, 15) is 0 Å². The average molecular weight is 304 g/mol. The number of nitrogens with one attached hydrogen (secondary N) is 1. The fourth-order valence-corrected chi connectivity index (χ4v) is 3.23. The molecule has 1 aromatic heterocycles. The molecule has 1 rings (SSSR count). The second-order valence-electron chi connectivity index (χ2n) is 4.65. The van der Waals surface area contributed by atoms with Crippen molar-refractivity contribution in [1.82, 2.24) is 5.32 Å². The first-order chi connectivity index (χ1) is 7.63. The summed E-state index contributed by atoms with van der Waals surface area (Å²) in [5.41, 5.74) is 0. The van der Waals surface area contributed by atoms with Gasteiger partial charge >= 0.3 is 0 Å². The van der Waals surface area contributed by atoms with Crippen molar-refractivity contribution in [3.63, 3.8) is 0 Å². The van der Waals surface area contributed by atoms with Gasteiger partial charge in [-0.3, -0.25) is 0 Å². The third-order valence-corrected chi connectivity index (χ3v) is 4.41. The van der Waals surface area contributed by atoms with E-state index < -0.39 is 0 Å². The molecule has 0 fully saturated rings. The van der Waals surface area contributed by atoms with Gasteiger partial charge in [0.1, 0.15) is 0 Å². The minimum absolute atomic E-state index is 0.540. The molecule has 1 heterocycles. The topological polar surface area (TPSA) is 12.0 Å². The van der Waals surface area contributed by atoms with Crippen LogP contribution < -0.4 is 5.32 Å². The van der Waals surface area contributed by atoms with Crippen LogP contribution in [0.3, 0.4) is 0 Å². The zero-order valence-corrected chi connectivity index (χ0v) is 12.8. The SMILES string of the molecule is CCCNC(CCC(C)C)c1cc(Br)cs1. The highest BCUT2D eigenvalue weighted by Crippen LogP contribution is 2.29. The molecule has 1 nitrogen and oxygen atoms in total. The fourth-order valence-electron chi connectivity index (χ4n) is 1.67. The third kappa shape index (κ3) is 4.98. The number of rotatable bonds is 7. The van der Waals surface area contributed by atoms with Gasteiger partial charge in [-0.2, -0.15) is 0 Å². The summed E-state index contributed by atoms with van der Waals surface area (Å²) in [7, 11) is 0. The van der Waals surface area contributed by atoms with Gasteiger partial charge < -0.3 is 5.32 Å². The largest absolute Gasteiger partial charge is 0.309 e. The van der Waals surface area contributed by atoms with Crippen molar-refractivity contribution in [2.75, 3.05) is 6.54 Å². The Morgan fingerprint density at radius 3 is 2.62 bits per heavy atom. The normalized spacial score (nSPS) is 13.3. The summed E-state index contributed by atoms with van der Waals surface area (Å²) in [4.78, 5) is 1.46. The van der Waals surface area contributed by atoms with Crippen LogP contribution in [0.25, 0.3) is 0 Å². The van der Waals surface area contributed by atoms with Crippen LogP contribution >= 0.6 is 27.3 Å². The maximum absolute atomic E-state index is 3.64. The van der Waals surface area contributed by atoms with Crippen molar-refractivity contribution in [3.8, 4) is 0 Å². The first-order valence-corrected chi connectivity index (χ1v) is 7.78. The second kappa shape index (κ2) is 7.46. The molecule has 0 saturated carbocycles. The highest BCUT2D eigenvalue weighted by atomic mass is 79.9. The van der Waals surface area contributed by atoms with E-state index in [1.54, 1.807) is 0 Å². The van der Waals surface area contributed by atoms with Gasteiger partial charge in [0.15, 0.2) is 0 Å². The Kier molecular flexibility index (Phi) is 6.62. The average Bonchev–Trinajstić information content (AvgIpc) is 2.64. The van der Waals surface area contributed by atoms with Crippen molar-refractivity contribution in [1.29, 1.82) is 0 Å². The molecule has 0 aromatic carbocycles. The first kappa shape index (κ1) is 14.2. The molecule has 92 valence electrons. The molecule has 0 saturated heterocycles. The lowest BCUT2D eigenvalue weighted by molar-refractivity contribution is 0.445. The quantitative estimate of drug-likeness (QED) is 0.748. The Balaban J connectivity index is 2.55. The predicted molar refractivity (Wildman–Crippen MR) is 77.1 cm³/mol. The first-order valence-electron chi connectivity index (χ1n) is 6.10. The fraction of sp³-hybridized carbons (Fsp3) is 0.692. The molecule has 1 aromatic rings. The molecule has 0 aliphatic carbocycles. The summed E-state index contributed by atoms with van der Waals surface area (Å²) < 4.78 is 1.21. The minimum Gasteiger partial charge on any atom is -0.309 e. The summed E-state index contributed by atoms with van der Waals surface area (Å²) in [6, 6.07) is 2.79. The third-order valence-electron chi connectivity index (χ3n) is 2.60. The Hall–Kier alpha value is 0.140. The molecule has 0 aliphatic heterocycles. The summed E-state index contributed by atoms with van der Waals surface area (Å²) >= 11 is 5.38. The lowest BCUT2D eigenvalue weighted by Crippen LogP contribution is -2.21. The second-order valence-corrected chi connectivity index (χ2v) is 6.50. The monoisotopic (exact) mass is 303 g/mol. The highest BCUT2D eigenvalue weighted by molar-refractivity contribution is 9.10. The van der Waals surface area contributed by atoms with Crippen LogP contribution in [-0.4, -0.2) is 6.54 Å². The summed E-state index contributed by atoms with van der Waals surface area (Å²) in [5.74, 6) is 0.786. The van der Waals surface area contributed by atoms with E-state index in [1.807, 2.05) is 11.3 Å². The maximum atomic E-state index is 3.64. The van der Waals surface area contributed by atoms with E-state index in [1.165, 1.54) is 28.6 Å². The minimum atomic E-state index is 0.540. The van der Waals surface area contributed by atoms with E-state index in [2.05, 4.69) is 53.5 Å². The van der Waals surface area contributed by atoms with Gasteiger partial charge in [0, 0.05) is 20.8 Å². The molecule has 16 heavy (non-hydrogen) atoms. The van der Waals surface area contributed by atoms with E-state index in [0.717, 1.165) is 12.5 Å². The van der Waals surface area contributed by atoms with Crippen molar-refractivity contribution in [3.05, 3.63) is 20.8 Å². The van der Waals surface area contributed by atoms with Crippen molar-refractivity contribution in [2.24, 2.45) is 5.92 Å². The molecule has 1 unspecified atom stereocenters. The van der Waals surface area contributed by atoms with Gasteiger partial charge in [0.05, 0.1) is 0 Å². The zero-order chi connectivity index (χ0) is 12.0. The number of thiophene rings is 1. The van der Waals surface area contributed by atoms with Gasteiger partial charge in [0.25, 0.3) is 0 Å². The van der Waals surface area contributed by atoms with Gasteiger partial charge in [-0.25, -0.2) is 0 Å². The molecule has 0 radical (unpaired) electrons. The molecule has 0 spiro atoms. The molecular weight excluding hydrogens is 282 g/mol. The van der Waals surface area contributed by atoms with Gasteiger partial charge in [-0.1, -0.05) is 20.8 Å². The Labute approximate surface area is 112 Å². The van der Waals surface area contributed by atoms with Crippen LogP contribution in [0.5, 0.6) is 0 Å². The molecule has 3 heteroatoms. The molecule has 1 atom stereocenters. The number of halogens is 1. The lowest BCUT2D eigenvalue weighted by Gasteiger charge is -2.18. The van der Waals surface area contributed by atoms with E-state index in [4.69, 9.17) is 0 Å². The Bertz CT molecular complexity index is 296. The van der Waals surface area contributed by atoms with Crippen LogP contribution in [0, 0.1) is 5.92 Å². The van der Waals surface area contributed by atoms with Crippen LogP contribution in [0.2, 0.25) is 0 Å². The molecule has 0 aliphatic rings. The molecular formula is C13H22BrNS. The maximum Gasteiger partial charge on any atom is 0.0415 e. The van der Waals surface area contributed by atoms with E-state index >= 15 is 0 Å². The van der Waals surface area contributed by atoms with Crippen molar-refractivity contribution < 1.29 is 0 Å². The standard InChI is InChI=1S/C13H22BrNS/c1-4-7-15-12(6-5-10(2)3)13-8-11(14)9-16-13/h8-10,12,15H,4-7H2,1-3H3. The van der Waals surface area contributed by atoms with Crippen LogP contribution in [-0.2, 0) is 0 Å². The van der Waals surface area contributed by atoms with Gasteiger partial charge in [0.2, 0.25) is 0 Å². The van der Waals surface area contributed by atoms with Gasteiger partial charge in [-0.05, 0) is 53.7 Å². The molecule has 0 bridgehead atoms. The van der Waals surface area contributed by atoms with Crippen LogP contribution in [0.1, 0.15) is 51.0 Å².